The zero-order chi connectivity index (χ0) is 17.8. The second kappa shape index (κ2) is 7.68. The minimum absolute atomic E-state index is 0.271. The van der Waals surface area contributed by atoms with Crippen molar-refractivity contribution in [2.24, 2.45) is 0 Å². The number of fused-ring (bicyclic) bond motifs is 1. The number of furan rings is 1. The Bertz CT molecular complexity index is 882. The van der Waals surface area contributed by atoms with Crippen LogP contribution in [0.4, 0.5) is 0 Å². The molecule has 1 aromatic carbocycles. The van der Waals surface area contributed by atoms with Crippen LogP contribution in [0.15, 0.2) is 56.3 Å². The molecule has 0 saturated heterocycles. The number of quaternary nitrogens is 2. The highest BCUT2D eigenvalue weighted by atomic mass is 16.4. The summed E-state index contributed by atoms with van der Waals surface area (Å²) in [5.74, 6) is 0.987. The van der Waals surface area contributed by atoms with E-state index in [1.54, 1.807) is 12.3 Å². The molecule has 0 aliphatic rings. The molecule has 3 rings (SSSR count). The minimum atomic E-state index is -0.287. The summed E-state index contributed by atoms with van der Waals surface area (Å²) in [7, 11) is 4.25. The van der Waals surface area contributed by atoms with Gasteiger partial charge in [-0.05, 0) is 30.2 Å². The predicted molar refractivity (Wildman–Crippen MR) is 96.6 cm³/mol. The van der Waals surface area contributed by atoms with E-state index in [1.807, 2.05) is 18.2 Å². The summed E-state index contributed by atoms with van der Waals surface area (Å²) in [6.07, 6.45) is 2.64. The van der Waals surface area contributed by atoms with Gasteiger partial charge in [0.1, 0.15) is 18.7 Å². The number of benzene rings is 1. The van der Waals surface area contributed by atoms with Crippen LogP contribution >= 0.6 is 0 Å². The smallest absolute Gasteiger partial charge is 0.336 e. The van der Waals surface area contributed by atoms with Crippen LogP contribution in [-0.4, -0.2) is 20.6 Å². The monoisotopic (exact) mass is 342 g/mol. The zero-order valence-corrected chi connectivity index (χ0v) is 15.0. The van der Waals surface area contributed by atoms with Gasteiger partial charge in [0.25, 0.3) is 0 Å². The van der Waals surface area contributed by atoms with E-state index in [-0.39, 0.29) is 11.7 Å². The lowest BCUT2D eigenvalue weighted by Gasteiger charge is -2.18. The molecule has 0 aliphatic heterocycles. The van der Waals surface area contributed by atoms with E-state index in [2.05, 4.69) is 38.5 Å². The largest absolute Gasteiger partial charge is 0.463 e. The van der Waals surface area contributed by atoms with Crippen LogP contribution < -0.4 is 15.8 Å². The Morgan fingerprint density at radius 3 is 2.72 bits per heavy atom. The van der Waals surface area contributed by atoms with Gasteiger partial charge in [-0.25, -0.2) is 4.79 Å². The molecule has 5 heteroatoms. The molecule has 0 saturated carbocycles. The number of aryl methyl sites for hydroxylation is 1. The molecule has 0 unspecified atom stereocenters. The van der Waals surface area contributed by atoms with Gasteiger partial charge in [-0.2, -0.15) is 0 Å². The number of nitrogens with two attached hydrogens (primary N) is 1. The van der Waals surface area contributed by atoms with Crippen molar-refractivity contribution in [2.45, 2.75) is 25.9 Å². The number of hydrogen-bond donors (Lipinski definition) is 2. The Balaban J connectivity index is 1.77. The van der Waals surface area contributed by atoms with Gasteiger partial charge < -0.3 is 19.1 Å². The van der Waals surface area contributed by atoms with Gasteiger partial charge in [0.2, 0.25) is 0 Å². The molecule has 0 fully saturated rings. The quantitative estimate of drug-likeness (QED) is 0.627. The lowest BCUT2D eigenvalue weighted by atomic mass is 10.1. The van der Waals surface area contributed by atoms with E-state index in [9.17, 15) is 4.79 Å². The van der Waals surface area contributed by atoms with Gasteiger partial charge in [0, 0.05) is 17.0 Å². The summed E-state index contributed by atoms with van der Waals surface area (Å²) < 4.78 is 10.9. The normalized spacial score (nSPS) is 12.8. The first-order valence-corrected chi connectivity index (χ1v) is 8.79. The lowest BCUT2D eigenvalue weighted by Crippen LogP contribution is -3.09. The Labute approximate surface area is 147 Å². The summed E-state index contributed by atoms with van der Waals surface area (Å²) >= 11 is 0. The van der Waals surface area contributed by atoms with Crippen molar-refractivity contribution >= 4 is 11.0 Å². The molecule has 132 valence electrons. The zero-order valence-electron chi connectivity index (χ0n) is 15.0. The number of rotatable bonds is 7. The van der Waals surface area contributed by atoms with Crippen LogP contribution in [0.25, 0.3) is 11.0 Å². The highest BCUT2D eigenvalue weighted by molar-refractivity contribution is 5.80. The highest BCUT2D eigenvalue weighted by Crippen LogP contribution is 2.18. The first-order chi connectivity index (χ1) is 12.1. The molecule has 2 heterocycles. The Kier molecular flexibility index (Phi) is 5.36. The Morgan fingerprint density at radius 2 is 2.04 bits per heavy atom. The first-order valence-electron chi connectivity index (χ1n) is 8.79. The molecule has 2 aromatic heterocycles. The maximum Gasteiger partial charge on any atom is 0.336 e. The minimum Gasteiger partial charge on any atom is -0.463 e. The summed E-state index contributed by atoms with van der Waals surface area (Å²) in [6.45, 7) is 3.71. The van der Waals surface area contributed by atoms with Crippen molar-refractivity contribution in [3.63, 3.8) is 0 Å². The maximum atomic E-state index is 11.9. The average Bonchev–Trinajstić information content (AvgIpc) is 3.11. The van der Waals surface area contributed by atoms with Crippen molar-refractivity contribution in [3.8, 4) is 0 Å². The van der Waals surface area contributed by atoms with Crippen LogP contribution in [0.3, 0.4) is 0 Å². The molecule has 0 bridgehead atoms. The Morgan fingerprint density at radius 1 is 1.20 bits per heavy atom. The van der Waals surface area contributed by atoms with Crippen LogP contribution in [0, 0.1) is 0 Å². The van der Waals surface area contributed by atoms with Gasteiger partial charge in [0.15, 0.2) is 11.8 Å². The van der Waals surface area contributed by atoms with Crippen molar-refractivity contribution in [1.29, 1.82) is 0 Å². The van der Waals surface area contributed by atoms with Crippen LogP contribution in [0.1, 0.15) is 29.9 Å². The molecular formula is C20H26N2O3+2. The molecule has 0 radical (unpaired) electrons. The van der Waals surface area contributed by atoms with Crippen molar-refractivity contribution in [3.05, 3.63) is 70.0 Å². The third-order valence-corrected chi connectivity index (χ3v) is 4.65. The second-order valence-electron chi connectivity index (χ2n) is 6.65. The first kappa shape index (κ1) is 17.5. The van der Waals surface area contributed by atoms with Gasteiger partial charge in [-0.15, -0.1) is 0 Å². The fourth-order valence-electron chi connectivity index (χ4n) is 3.19. The molecule has 0 amide bonds. The summed E-state index contributed by atoms with van der Waals surface area (Å²) in [5, 5.41) is 3.24. The standard InChI is InChI=1S/C20H24N2O3/c1-4-14-7-8-16-15(11-20(23)25-19(16)10-14)12-21-13-17(22(2)3)18-6-5-9-24-18/h5-11,17,21H,4,12-13H2,1-3H3/p+2/t17-/m0/s1. The van der Waals surface area contributed by atoms with E-state index < -0.39 is 0 Å². The van der Waals surface area contributed by atoms with Crippen molar-refractivity contribution in [1.82, 2.24) is 0 Å². The number of nitrogens with one attached hydrogen (secondary N) is 1. The number of hydrogen-bond acceptors (Lipinski definition) is 3. The van der Waals surface area contributed by atoms with Gasteiger partial charge in [-0.1, -0.05) is 19.1 Å². The topological polar surface area (TPSA) is 64.4 Å². The molecular weight excluding hydrogens is 316 g/mol. The fourth-order valence-corrected chi connectivity index (χ4v) is 3.19. The van der Waals surface area contributed by atoms with Crippen molar-refractivity contribution < 1.29 is 19.1 Å². The van der Waals surface area contributed by atoms with E-state index in [4.69, 9.17) is 8.83 Å². The molecule has 3 aromatic rings. The van der Waals surface area contributed by atoms with Crippen LogP contribution in [0.2, 0.25) is 0 Å². The van der Waals surface area contributed by atoms with Crippen LogP contribution in [0.5, 0.6) is 0 Å². The van der Waals surface area contributed by atoms with Gasteiger partial charge in [-0.3, -0.25) is 0 Å². The third kappa shape index (κ3) is 4.00. The Hall–Kier alpha value is -2.37. The molecule has 5 nitrogen and oxygen atoms in total. The van der Waals surface area contributed by atoms with E-state index in [0.717, 1.165) is 36.2 Å². The summed E-state index contributed by atoms with van der Waals surface area (Å²) in [5.41, 5.74) is 2.58. The third-order valence-electron chi connectivity index (χ3n) is 4.65. The van der Waals surface area contributed by atoms with E-state index in [1.165, 1.54) is 10.5 Å². The van der Waals surface area contributed by atoms with Gasteiger partial charge >= 0.3 is 5.63 Å². The van der Waals surface area contributed by atoms with E-state index >= 15 is 0 Å². The second-order valence-corrected chi connectivity index (χ2v) is 6.65. The lowest BCUT2D eigenvalue weighted by molar-refractivity contribution is -0.911. The maximum absolute atomic E-state index is 11.9. The number of likely N-dealkylation sites (N-methyl/N-ethyl adjacent to an activating group) is 1. The molecule has 25 heavy (non-hydrogen) atoms. The SMILES string of the molecule is CCc1ccc2c(C[NH2+]C[C@@H](c3ccco3)[NH+](C)C)cc(=O)oc2c1. The molecule has 0 spiro atoms. The fraction of sp³-hybridized carbons (Fsp3) is 0.350. The van der Waals surface area contributed by atoms with Gasteiger partial charge in [0.05, 0.1) is 20.4 Å². The average molecular weight is 342 g/mol. The van der Waals surface area contributed by atoms with E-state index in [0.29, 0.717) is 5.58 Å². The summed E-state index contributed by atoms with van der Waals surface area (Å²) in [4.78, 5) is 13.2. The molecule has 1 atom stereocenters. The van der Waals surface area contributed by atoms with Crippen LogP contribution in [-0.2, 0) is 13.0 Å². The predicted octanol–water partition coefficient (Wildman–Crippen LogP) is 0.898. The van der Waals surface area contributed by atoms with Crippen molar-refractivity contribution in [2.75, 3.05) is 20.6 Å². The summed E-state index contributed by atoms with van der Waals surface area (Å²) in [6, 6.07) is 11.9. The molecule has 0 aliphatic carbocycles. The highest BCUT2D eigenvalue weighted by Gasteiger charge is 2.22. The molecule has 3 N–H and O–H groups in total.